The molecule has 0 spiro atoms. The van der Waals surface area contributed by atoms with Gasteiger partial charge in [0.25, 0.3) is 10.2 Å². The highest BCUT2D eigenvalue weighted by Gasteiger charge is 2.25. The van der Waals surface area contributed by atoms with E-state index in [9.17, 15) is 13.2 Å². The Labute approximate surface area is 97.8 Å². The largest absolute Gasteiger partial charge is 0.353 e. The van der Waals surface area contributed by atoms with Gasteiger partial charge in [-0.3, -0.25) is 4.79 Å². The minimum absolute atomic E-state index is 0.00765. The molecule has 0 heterocycles. The number of rotatable bonds is 6. The third kappa shape index (κ3) is 4.46. The van der Waals surface area contributed by atoms with Crippen molar-refractivity contribution in [3.05, 3.63) is 0 Å². The van der Waals surface area contributed by atoms with Crippen LogP contribution in [0.15, 0.2) is 0 Å². The number of carbonyl (C=O) groups is 1. The lowest BCUT2D eigenvalue weighted by Crippen LogP contribution is -2.46. The highest BCUT2D eigenvalue weighted by Crippen LogP contribution is 2.03. The first-order valence-corrected chi connectivity index (χ1v) is 6.58. The summed E-state index contributed by atoms with van der Waals surface area (Å²) in [5.41, 5.74) is 0. The molecule has 0 aliphatic heterocycles. The molecule has 0 aromatic heterocycles. The summed E-state index contributed by atoms with van der Waals surface area (Å²) in [6, 6.07) is 0.00765. The number of hydrogen-bond donors (Lipinski definition) is 1. The summed E-state index contributed by atoms with van der Waals surface area (Å²) in [5, 5.41) is 2.65. The average Bonchev–Trinajstić information content (AvgIpc) is 2.12. The van der Waals surface area contributed by atoms with E-state index in [0.29, 0.717) is 0 Å². The van der Waals surface area contributed by atoms with Gasteiger partial charge >= 0.3 is 0 Å². The summed E-state index contributed by atoms with van der Waals surface area (Å²) in [4.78, 5) is 11.5. The van der Waals surface area contributed by atoms with Crippen LogP contribution in [0, 0.1) is 0 Å². The summed E-state index contributed by atoms with van der Waals surface area (Å²) in [6.45, 7) is 5.48. The molecule has 1 N–H and O–H groups in total. The quantitative estimate of drug-likeness (QED) is 0.701. The van der Waals surface area contributed by atoms with E-state index in [1.54, 1.807) is 6.92 Å². The normalized spacial score (nSPS) is 12.5. The van der Waals surface area contributed by atoms with E-state index < -0.39 is 10.2 Å². The van der Waals surface area contributed by atoms with Crippen LogP contribution in [0.1, 0.15) is 20.8 Å². The first-order chi connectivity index (χ1) is 7.21. The highest BCUT2D eigenvalue weighted by atomic mass is 32.2. The maximum atomic E-state index is 11.8. The zero-order chi connectivity index (χ0) is 12.9. The maximum Gasteiger partial charge on any atom is 0.281 e. The van der Waals surface area contributed by atoms with Crippen molar-refractivity contribution in [3.63, 3.8) is 0 Å². The second kappa shape index (κ2) is 6.17. The Balaban J connectivity index is 4.60. The predicted molar refractivity (Wildman–Crippen MR) is 63.1 cm³/mol. The topological polar surface area (TPSA) is 69.7 Å². The molecule has 16 heavy (non-hydrogen) atoms. The second-order valence-corrected chi connectivity index (χ2v) is 6.08. The van der Waals surface area contributed by atoms with Gasteiger partial charge in [-0.05, 0) is 13.8 Å². The molecule has 7 heteroatoms. The first kappa shape index (κ1) is 15.3. The number of likely N-dealkylation sites (N-methyl/N-ethyl adjacent to an activating group) is 1. The highest BCUT2D eigenvalue weighted by molar-refractivity contribution is 7.86. The molecular formula is C9H21N3O3S. The summed E-state index contributed by atoms with van der Waals surface area (Å²) < 4.78 is 25.7. The minimum Gasteiger partial charge on any atom is -0.353 e. The van der Waals surface area contributed by atoms with Crippen molar-refractivity contribution in [3.8, 4) is 0 Å². The van der Waals surface area contributed by atoms with Crippen LogP contribution in [0.4, 0.5) is 0 Å². The molecule has 0 bridgehead atoms. The maximum absolute atomic E-state index is 11.8. The molecule has 96 valence electrons. The number of hydrogen-bond acceptors (Lipinski definition) is 3. The van der Waals surface area contributed by atoms with Crippen molar-refractivity contribution in [2.75, 3.05) is 27.2 Å². The van der Waals surface area contributed by atoms with E-state index in [1.165, 1.54) is 14.1 Å². The lowest BCUT2D eigenvalue weighted by Gasteiger charge is -2.23. The monoisotopic (exact) mass is 251 g/mol. The van der Waals surface area contributed by atoms with Crippen LogP contribution in [0.3, 0.4) is 0 Å². The molecule has 0 radical (unpaired) electrons. The third-order valence-electron chi connectivity index (χ3n) is 1.91. The molecule has 0 aromatic rings. The SMILES string of the molecule is CCN(CC(=O)NC(C)C)S(=O)(=O)N(C)C. The fraction of sp³-hybridized carbons (Fsp3) is 0.889. The van der Waals surface area contributed by atoms with Gasteiger partial charge in [-0.2, -0.15) is 17.0 Å². The summed E-state index contributed by atoms with van der Waals surface area (Å²) >= 11 is 0. The fourth-order valence-corrected chi connectivity index (χ4v) is 2.18. The van der Waals surface area contributed by atoms with Crippen LogP contribution in [-0.4, -0.2) is 56.2 Å². The Kier molecular flexibility index (Phi) is 5.91. The number of amides is 1. The van der Waals surface area contributed by atoms with Crippen LogP contribution in [0.5, 0.6) is 0 Å². The predicted octanol–water partition coefficient (Wildman–Crippen LogP) is -0.361. The Morgan fingerprint density at radius 3 is 2.12 bits per heavy atom. The van der Waals surface area contributed by atoms with Crippen LogP contribution >= 0.6 is 0 Å². The molecule has 0 fully saturated rings. The summed E-state index contributed by atoms with van der Waals surface area (Å²) in [5.74, 6) is -0.290. The number of nitrogens with zero attached hydrogens (tertiary/aromatic N) is 2. The molecule has 1 amide bonds. The van der Waals surface area contributed by atoms with Gasteiger partial charge in [0.15, 0.2) is 0 Å². The van der Waals surface area contributed by atoms with E-state index in [-0.39, 0.29) is 25.0 Å². The van der Waals surface area contributed by atoms with Gasteiger partial charge in [0, 0.05) is 26.7 Å². The molecule has 0 unspecified atom stereocenters. The Hall–Kier alpha value is -0.660. The van der Waals surface area contributed by atoms with Crippen LogP contribution in [0.2, 0.25) is 0 Å². The van der Waals surface area contributed by atoms with Crippen molar-refractivity contribution >= 4 is 16.1 Å². The van der Waals surface area contributed by atoms with Gasteiger partial charge in [0.05, 0.1) is 6.54 Å². The van der Waals surface area contributed by atoms with E-state index in [4.69, 9.17) is 0 Å². The smallest absolute Gasteiger partial charge is 0.281 e. The average molecular weight is 251 g/mol. The van der Waals surface area contributed by atoms with Crippen LogP contribution in [-0.2, 0) is 15.0 Å². The molecule has 0 rings (SSSR count). The molecule has 0 aliphatic rings. The summed E-state index contributed by atoms with van der Waals surface area (Å²) in [6.07, 6.45) is 0. The molecular weight excluding hydrogens is 230 g/mol. The van der Waals surface area contributed by atoms with Crippen molar-refractivity contribution in [1.82, 2.24) is 13.9 Å². The van der Waals surface area contributed by atoms with Gasteiger partial charge in [0.1, 0.15) is 0 Å². The lowest BCUT2D eigenvalue weighted by atomic mass is 10.4. The Morgan fingerprint density at radius 2 is 1.81 bits per heavy atom. The molecule has 0 saturated heterocycles. The van der Waals surface area contributed by atoms with E-state index >= 15 is 0 Å². The third-order valence-corrected chi connectivity index (χ3v) is 3.87. The van der Waals surface area contributed by atoms with Crippen molar-refractivity contribution in [2.24, 2.45) is 0 Å². The molecule has 6 nitrogen and oxygen atoms in total. The lowest BCUT2D eigenvalue weighted by molar-refractivity contribution is -0.121. The zero-order valence-electron chi connectivity index (χ0n) is 10.5. The Bertz CT molecular complexity index is 325. The summed E-state index contributed by atoms with van der Waals surface area (Å²) in [7, 11) is -0.628. The van der Waals surface area contributed by atoms with Gasteiger partial charge in [-0.15, -0.1) is 0 Å². The first-order valence-electron chi connectivity index (χ1n) is 5.18. The Morgan fingerprint density at radius 1 is 1.31 bits per heavy atom. The number of carbonyl (C=O) groups excluding carboxylic acids is 1. The van der Waals surface area contributed by atoms with Crippen molar-refractivity contribution < 1.29 is 13.2 Å². The standard InChI is InChI=1S/C9H21N3O3S/c1-6-12(16(14,15)11(4)5)7-9(13)10-8(2)3/h8H,6-7H2,1-5H3,(H,10,13). The van der Waals surface area contributed by atoms with Crippen molar-refractivity contribution in [1.29, 1.82) is 0 Å². The second-order valence-electron chi connectivity index (χ2n) is 3.94. The van der Waals surface area contributed by atoms with Crippen LogP contribution in [0.25, 0.3) is 0 Å². The minimum atomic E-state index is -3.51. The number of nitrogens with one attached hydrogen (secondary N) is 1. The molecule has 0 aliphatic carbocycles. The zero-order valence-corrected chi connectivity index (χ0v) is 11.3. The van der Waals surface area contributed by atoms with Gasteiger partial charge in [-0.1, -0.05) is 6.92 Å². The fourth-order valence-electron chi connectivity index (χ4n) is 1.12. The van der Waals surface area contributed by atoms with Gasteiger partial charge in [0.2, 0.25) is 5.91 Å². The van der Waals surface area contributed by atoms with Gasteiger partial charge < -0.3 is 5.32 Å². The molecule has 0 atom stereocenters. The van der Waals surface area contributed by atoms with E-state index in [1.807, 2.05) is 13.8 Å². The van der Waals surface area contributed by atoms with Crippen LogP contribution < -0.4 is 5.32 Å². The van der Waals surface area contributed by atoms with E-state index in [2.05, 4.69) is 5.32 Å². The van der Waals surface area contributed by atoms with E-state index in [0.717, 1.165) is 8.61 Å². The van der Waals surface area contributed by atoms with Crippen molar-refractivity contribution in [2.45, 2.75) is 26.8 Å². The molecule has 0 saturated carbocycles. The van der Waals surface area contributed by atoms with Gasteiger partial charge in [-0.25, -0.2) is 0 Å². The molecule has 0 aromatic carbocycles.